The Morgan fingerprint density at radius 1 is 1.20 bits per heavy atom. The van der Waals surface area contributed by atoms with E-state index in [1.165, 1.54) is 16.3 Å². The van der Waals surface area contributed by atoms with Gasteiger partial charge in [0.1, 0.15) is 6.10 Å². The fourth-order valence-electron chi connectivity index (χ4n) is 2.94. The maximum Gasteiger partial charge on any atom is 0.273 e. The number of benzene rings is 2. The fraction of sp³-hybridized carbons (Fsp3) is 0.250. The first-order chi connectivity index (χ1) is 14.4. The van der Waals surface area contributed by atoms with E-state index in [9.17, 15) is 4.79 Å². The summed E-state index contributed by atoms with van der Waals surface area (Å²) < 4.78 is 0. The summed E-state index contributed by atoms with van der Waals surface area (Å²) in [7, 11) is 0. The van der Waals surface area contributed by atoms with E-state index < -0.39 is 0 Å². The lowest BCUT2D eigenvalue weighted by atomic mass is 9.98. The zero-order valence-electron chi connectivity index (χ0n) is 17.8. The molecule has 0 aliphatic rings. The summed E-state index contributed by atoms with van der Waals surface area (Å²) in [6.07, 6.45) is 0.740. The molecule has 0 fully saturated rings. The maximum absolute atomic E-state index is 12.6. The van der Waals surface area contributed by atoms with Crippen LogP contribution in [0.4, 0.5) is 5.69 Å². The summed E-state index contributed by atoms with van der Waals surface area (Å²) in [6, 6.07) is 15.8. The van der Waals surface area contributed by atoms with Crippen LogP contribution in [0.25, 0.3) is 11.1 Å². The van der Waals surface area contributed by atoms with Crippen LogP contribution in [0.2, 0.25) is 0 Å². The molecule has 1 aromatic heterocycles. The molecule has 30 heavy (non-hydrogen) atoms. The number of nitrogens with two attached hydrogens (primary N) is 1. The van der Waals surface area contributed by atoms with Crippen LogP contribution in [-0.2, 0) is 4.84 Å². The van der Waals surface area contributed by atoms with Gasteiger partial charge in [-0.05, 0) is 73.0 Å². The number of hydrogen-bond acceptors (Lipinski definition) is 5. The van der Waals surface area contributed by atoms with Gasteiger partial charge in [0, 0.05) is 5.38 Å². The second kappa shape index (κ2) is 9.69. The molecule has 0 aliphatic carbocycles. The van der Waals surface area contributed by atoms with Crippen molar-refractivity contribution in [3.05, 3.63) is 76.0 Å². The lowest BCUT2D eigenvalue weighted by molar-refractivity contribution is 0.0717. The highest BCUT2D eigenvalue weighted by Gasteiger charge is 2.16. The molecule has 1 atom stereocenters. The zero-order chi connectivity index (χ0) is 21.7. The minimum Gasteiger partial charge on any atom is -0.388 e. The first-order valence-electron chi connectivity index (χ1n) is 9.92. The van der Waals surface area contributed by atoms with Crippen LogP contribution in [0, 0.1) is 6.92 Å². The van der Waals surface area contributed by atoms with Crippen LogP contribution in [0.3, 0.4) is 0 Å². The van der Waals surface area contributed by atoms with Crippen molar-refractivity contribution in [2.75, 3.05) is 5.01 Å². The monoisotopic (exact) mass is 421 g/mol. The molecular formula is C24H27N3O2S. The smallest absolute Gasteiger partial charge is 0.273 e. The van der Waals surface area contributed by atoms with Gasteiger partial charge in [-0.15, -0.1) is 0 Å². The summed E-state index contributed by atoms with van der Waals surface area (Å²) >= 11 is 1.47. The predicted molar refractivity (Wildman–Crippen MR) is 125 cm³/mol. The molecular weight excluding hydrogens is 394 g/mol. The normalized spacial score (nSPS) is 12.5. The topological polar surface area (TPSA) is 67.9 Å². The minimum atomic E-state index is -0.227. The van der Waals surface area contributed by atoms with Crippen molar-refractivity contribution in [2.24, 2.45) is 11.0 Å². The van der Waals surface area contributed by atoms with Gasteiger partial charge < -0.3 is 4.84 Å². The second-order valence-corrected chi connectivity index (χ2v) is 8.02. The number of anilines is 1. The number of aryl methyl sites for hydroxylation is 1. The first kappa shape index (κ1) is 21.7. The number of thiophene rings is 1. The molecule has 2 aromatic carbocycles. The highest BCUT2D eigenvalue weighted by atomic mass is 32.1. The molecule has 156 valence electrons. The highest BCUT2D eigenvalue weighted by molar-refractivity contribution is 7.08. The van der Waals surface area contributed by atoms with Gasteiger partial charge >= 0.3 is 0 Å². The first-order valence-corrected chi connectivity index (χ1v) is 10.9. The minimum absolute atomic E-state index is 0.129. The Kier molecular flexibility index (Phi) is 7.03. The van der Waals surface area contributed by atoms with Crippen molar-refractivity contribution in [3.63, 3.8) is 0 Å². The number of hydrazine groups is 1. The molecule has 0 bridgehead atoms. The Balaban J connectivity index is 1.82. The van der Waals surface area contributed by atoms with E-state index in [0.717, 1.165) is 34.4 Å². The number of oxime groups is 1. The van der Waals surface area contributed by atoms with E-state index in [4.69, 9.17) is 10.7 Å². The highest BCUT2D eigenvalue weighted by Crippen LogP contribution is 2.30. The summed E-state index contributed by atoms with van der Waals surface area (Å²) in [5, 5.41) is 9.01. The molecule has 0 saturated heterocycles. The van der Waals surface area contributed by atoms with Crippen molar-refractivity contribution in [3.8, 4) is 11.1 Å². The van der Waals surface area contributed by atoms with Crippen molar-refractivity contribution in [1.82, 2.24) is 0 Å². The zero-order valence-corrected chi connectivity index (χ0v) is 18.6. The quantitative estimate of drug-likeness (QED) is 0.217. The Bertz CT molecular complexity index is 1030. The Labute approximate surface area is 181 Å². The van der Waals surface area contributed by atoms with Crippen LogP contribution < -0.4 is 10.9 Å². The molecule has 3 rings (SSSR count). The number of nitrogens with zero attached hydrogens (tertiary/aromatic N) is 2. The number of hydrogen-bond donors (Lipinski definition) is 1. The molecule has 0 aliphatic heterocycles. The van der Waals surface area contributed by atoms with Crippen molar-refractivity contribution in [2.45, 2.75) is 40.2 Å². The van der Waals surface area contributed by atoms with Gasteiger partial charge in [-0.3, -0.25) is 4.79 Å². The van der Waals surface area contributed by atoms with Crippen molar-refractivity contribution in [1.29, 1.82) is 0 Å². The van der Waals surface area contributed by atoms with Crippen LogP contribution in [0.1, 0.15) is 54.8 Å². The maximum atomic E-state index is 12.6. The van der Waals surface area contributed by atoms with E-state index in [1.54, 1.807) is 11.4 Å². The van der Waals surface area contributed by atoms with Crippen molar-refractivity contribution >= 4 is 28.6 Å². The molecule has 1 heterocycles. The summed E-state index contributed by atoms with van der Waals surface area (Å²) in [5.41, 5.74) is 6.44. The molecule has 1 unspecified atom stereocenters. The number of carbonyl (C=O) groups is 1. The number of rotatable bonds is 7. The van der Waals surface area contributed by atoms with Crippen molar-refractivity contribution < 1.29 is 9.63 Å². The van der Waals surface area contributed by atoms with Crippen LogP contribution in [0.5, 0.6) is 0 Å². The molecule has 6 heteroatoms. The third-order valence-corrected chi connectivity index (χ3v) is 5.74. The van der Waals surface area contributed by atoms with Gasteiger partial charge in [-0.2, -0.15) is 11.3 Å². The van der Waals surface area contributed by atoms with E-state index in [2.05, 4.69) is 24.2 Å². The number of carbonyl (C=O) groups excluding carboxylic acids is 1. The Morgan fingerprint density at radius 2 is 1.93 bits per heavy atom. The standard InChI is InChI=1S/C24H27N3O2S/c1-5-17(3)26-29-18(4)19-7-9-20(10-8-19)23-14-22(11-6-16(23)2)27(25)24(28)21-12-13-30-15-21/h6-15,18H,5,25H2,1-4H3/b26-17+. The van der Waals surface area contributed by atoms with Gasteiger partial charge in [0.25, 0.3) is 5.91 Å². The van der Waals surface area contributed by atoms with E-state index in [1.807, 2.05) is 56.5 Å². The van der Waals surface area contributed by atoms with E-state index in [-0.39, 0.29) is 12.0 Å². The van der Waals surface area contributed by atoms with Gasteiger partial charge in [-0.1, -0.05) is 42.4 Å². The average Bonchev–Trinajstić information content (AvgIpc) is 3.31. The van der Waals surface area contributed by atoms with Crippen LogP contribution in [-0.4, -0.2) is 11.6 Å². The van der Waals surface area contributed by atoms with Gasteiger partial charge in [0.2, 0.25) is 0 Å². The SMILES string of the molecule is CC/C(C)=N/OC(C)c1ccc(-c2cc(N(N)C(=O)c3ccsc3)ccc2C)cc1. The predicted octanol–water partition coefficient (Wildman–Crippen LogP) is 6.11. The molecule has 5 nitrogen and oxygen atoms in total. The summed E-state index contributed by atoms with van der Waals surface area (Å²) in [6.45, 7) is 8.03. The lowest BCUT2D eigenvalue weighted by Gasteiger charge is -2.18. The fourth-order valence-corrected chi connectivity index (χ4v) is 3.57. The molecule has 3 aromatic rings. The average molecular weight is 422 g/mol. The second-order valence-electron chi connectivity index (χ2n) is 7.24. The largest absolute Gasteiger partial charge is 0.388 e. The third kappa shape index (κ3) is 4.96. The van der Waals surface area contributed by atoms with Crippen LogP contribution in [0.15, 0.2) is 64.4 Å². The summed E-state index contributed by atoms with van der Waals surface area (Å²) in [5.74, 6) is 5.89. The van der Waals surface area contributed by atoms with Gasteiger partial charge in [0.15, 0.2) is 0 Å². The molecule has 0 radical (unpaired) electrons. The number of amides is 1. The molecule has 2 N–H and O–H groups in total. The van der Waals surface area contributed by atoms with Gasteiger partial charge in [-0.25, -0.2) is 10.9 Å². The Hall–Kier alpha value is -2.96. The summed E-state index contributed by atoms with van der Waals surface area (Å²) in [4.78, 5) is 18.2. The van der Waals surface area contributed by atoms with Crippen LogP contribution >= 0.6 is 11.3 Å². The molecule has 1 amide bonds. The lowest BCUT2D eigenvalue weighted by Crippen LogP contribution is -2.37. The van der Waals surface area contributed by atoms with E-state index in [0.29, 0.717) is 11.3 Å². The third-order valence-electron chi connectivity index (χ3n) is 5.06. The molecule has 0 saturated carbocycles. The molecule has 0 spiro atoms. The van der Waals surface area contributed by atoms with E-state index >= 15 is 0 Å². The van der Waals surface area contributed by atoms with Gasteiger partial charge in [0.05, 0.1) is 17.0 Å². The Morgan fingerprint density at radius 3 is 2.57 bits per heavy atom.